The summed E-state index contributed by atoms with van der Waals surface area (Å²) in [4.78, 5) is 0. The van der Waals surface area contributed by atoms with Gasteiger partial charge in [-0.05, 0) is 49.4 Å². The van der Waals surface area contributed by atoms with Crippen molar-refractivity contribution < 1.29 is 14.2 Å². The molecule has 3 heteroatoms. The molecule has 0 radical (unpaired) electrons. The first-order valence-corrected chi connectivity index (χ1v) is 5.78. The zero-order chi connectivity index (χ0) is 12.7. The molecule has 17 heavy (non-hydrogen) atoms. The van der Waals surface area contributed by atoms with E-state index >= 15 is 0 Å². The highest BCUT2D eigenvalue weighted by Gasteiger charge is 2.08. The van der Waals surface area contributed by atoms with Gasteiger partial charge in [0.15, 0.2) is 0 Å². The molecule has 0 heterocycles. The molecule has 1 rings (SSSR count). The van der Waals surface area contributed by atoms with Crippen LogP contribution in [0.25, 0.3) is 0 Å². The molecule has 94 valence electrons. The molecule has 0 aromatic heterocycles. The number of hydrogen-bond donors (Lipinski definition) is 1. The van der Waals surface area contributed by atoms with Gasteiger partial charge in [-0.2, -0.15) is 0 Å². The quantitative estimate of drug-likeness (QED) is 0.740. The highest BCUT2D eigenvalue weighted by molar-refractivity contribution is 5.34. The van der Waals surface area contributed by atoms with Crippen molar-refractivity contribution in [3.05, 3.63) is 42.2 Å². The van der Waals surface area contributed by atoms with Crippen molar-refractivity contribution >= 4 is 0 Å². The van der Waals surface area contributed by atoms with Gasteiger partial charge in [-0.1, -0.05) is 6.08 Å². The number of aryl methyl sites for hydroxylation is 1. The maximum absolute atomic E-state index is 13.1. The average molecular weight is 238 g/mol. The molecule has 0 saturated carbocycles. The van der Waals surface area contributed by atoms with Crippen LogP contribution in [0.15, 0.2) is 30.9 Å². The number of rotatable bonds is 7. The number of halogens is 1. The maximum Gasteiger partial charge on any atom is 0.123 e. The first-order valence-electron chi connectivity index (χ1n) is 5.78. The van der Waals surface area contributed by atoms with Gasteiger partial charge < -0.3 is 9.84 Å². The highest BCUT2D eigenvalue weighted by Crippen LogP contribution is 2.21. The van der Waals surface area contributed by atoms with Crippen LogP contribution >= 0.6 is 0 Å². The van der Waals surface area contributed by atoms with E-state index < -0.39 is 0 Å². The molecule has 1 aromatic rings. The summed E-state index contributed by atoms with van der Waals surface area (Å²) in [7, 11) is 1.56. The number of ether oxygens (including phenoxy) is 1. The first-order chi connectivity index (χ1) is 8.17. The summed E-state index contributed by atoms with van der Waals surface area (Å²) in [5, 5.41) is 9.69. The van der Waals surface area contributed by atoms with Gasteiger partial charge in [0, 0.05) is 0 Å². The Kier molecular flexibility index (Phi) is 5.70. The van der Waals surface area contributed by atoms with E-state index in [0.717, 1.165) is 12.0 Å². The number of aliphatic hydroxyl groups excluding tert-OH is 1. The van der Waals surface area contributed by atoms with Crippen LogP contribution in [0.5, 0.6) is 5.75 Å². The zero-order valence-corrected chi connectivity index (χ0v) is 10.2. The minimum Gasteiger partial charge on any atom is -0.496 e. The Hall–Kier alpha value is -1.35. The van der Waals surface area contributed by atoms with Crippen molar-refractivity contribution in [1.29, 1.82) is 0 Å². The summed E-state index contributed by atoms with van der Waals surface area (Å²) in [6.07, 6.45) is 4.11. The summed E-state index contributed by atoms with van der Waals surface area (Å²) in [5.41, 5.74) is 0.796. The number of aliphatic hydroxyl groups is 1. The molecule has 1 aromatic carbocycles. The van der Waals surface area contributed by atoms with Gasteiger partial charge in [-0.25, -0.2) is 4.39 Å². The standard InChI is InChI=1S/C14H19FO2/c1-3-4-5-13(16)8-6-11-10-12(15)7-9-14(11)17-2/h3,7,9-10,13,16H,1,4-6,8H2,2H3. The monoisotopic (exact) mass is 238 g/mol. The first kappa shape index (κ1) is 13.7. The molecule has 1 N–H and O–H groups in total. The maximum atomic E-state index is 13.1. The van der Waals surface area contributed by atoms with Gasteiger partial charge >= 0.3 is 0 Å². The minimum absolute atomic E-state index is 0.276. The fraction of sp³-hybridized carbons (Fsp3) is 0.429. The Morgan fingerprint density at radius 1 is 1.47 bits per heavy atom. The zero-order valence-electron chi connectivity index (χ0n) is 10.2. The number of hydrogen-bond acceptors (Lipinski definition) is 2. The molecule has 0 saturated heterocycles. The van der Waals surface area contributed by atoms with E-state index in [1.165, 1.54) is 12.1 Å². The Labute approximate surface area is 102 Å². The fourth-order valence-electron chi connectivity index (χ4n) is 1.72. The van der Waals surface area contributed by atoms with Crippen molar-refractivity contribution in [1.82, 2.24) is 0 Å². The summed E-state index contributed by atoms with van der Waals surface area (Å²) in [6, 6.07) is 4.44. The summed E-state index contributed by atoms with van der Waals surface area (Å²) in [5.74, 6) is 0.392. The largest absolute Gasteiger partial charge is 0.496 e. The van der Waals surface area contributed by atoms with Crippen molar-refractivity contribution in [2.75, 3.05) is 7.11 Å². The third kappa shape index (κ3) is 4.57. The normalized spacial score (nSPS) is 12.2. The van der Waals surface area contributed by atoms with E-state index in [1.54, 1.807) is 19.3 Å². The molecule has 0 aliphatic rings. The molecule has 0 bridgehead atoms. The van der Waals surface area contributed by atoms with Crippen LogP contribution in [-0.2, 0) is 6.42 Å². The number of methoxy groups -OCH3 is 1. The smallest absolute Gasteiger partial charge is 0.123 e. The van der Waals surface area contributed by atoms with Crippen LogP contribution in [0.1, 0.15) is 24.8 Å². The summed E-state index contributed by atoms with van der Waals surface area (Å²) in [6.45, 7) is 3.61. The lowest BCUT2D eigenvalue weighted by atomic mass is 10.0. The predicted molar refractivity (Wildman–Crippen MR) is 66.7 cm³/mol. The molecule has 0 spiro atoms. The molecule has 1 unspecified atom stereocenters. The molecule has 0 fully saturated rings. The SMILES string of the molecule is C=CCCC(O)CCc1cc(F)ccc1OC. The Morgan fingerprint density at radius 2 is 2.24 bits per heavy atom. The van der Waals surface area contributed by atoms with E-state index in [2.05, 4.69) is 6.58 Å². The van der Waals surface area contributed by atoms with Gasteiger partial charge in [-0.3, -0.25) is 0 Å². The Balaban J connectivity index is 2.55. The van der Waals surface area contributed by atoms with Gasteiger partial charge in [0.1, 0.15) is 11.6 Å². The molecule has 0 aliphatic carbocycles. The van der Waals surface area contributed by atoms with Crippen LogP contribution < -0.4 is 4.74 Å². The van der Waals surface area contributed by atoms with E-state index in [9.17, 15) is 9.50 Å². The topological polar surface area (TPSA) is 29.5 Å². The third-order valence-corrected chi connectivity index (χ3v) is 2.69. The molecule has 2 nitrogen and oxygen atoms in total. The molecular weight excluding hydrogens is 219 g/mol. The molecule has 0 amide bonds. The Bertz CT molecular complexity index is 363. The second-order valence-electron chi connectivity index (χ2n) is 4.01. The average Bonchev–Trinajstić information content (AvgIpc) is 2.34. The molecule has 0 aliphatic heterocycles. The van der Waals surface area contributed by atoms with E-state index in [4.69, 9.17) is 4.74 Å². The minimum atomic E-state index is -0.374. The lowest BCUT2D eigenvalue weighted by Gasteiger charge is -2.11. The summed E-state index contributed by atoms with van der Waals surface area (Å²) < 4.78 is 18.2. The van der Waals surface area contributed by atoms with E-state index in [-0.39, 0.29) is 11.9 Å². The van der Waals surface area contributed by atoms with Crippen LogP contribution in [0.2, 0.25) is 0 Å². The molecular formula is C14H19FO2. The fourth-order valence-corrected chi connectivity index (χ4v) is 1.72. The second-order valence-corrected chi connectivity index (χ2v) is 4.01. The van der Waals surface area contributed by atoms with Crippen molar-refractivity contribution in [3.63, 3.8) is 0 Å². The number of benzene rings is 1. The second kappa shape index (κ2) is 7.07. The van der Waals surface area contributed by atoms with Crippen LogP contribution in [-0.4, -0.2) is 18.3 Å². The summed E-state index contributed by atoms with van der Waals surface area (Å²) >= 11 is 0. The highest BCUT2D eigenvalue weighted by atomic mass is 19.1. The van der Waals surface area contributed by atoms with Gasteiger partial charge in [-0.15, -0.1) is 6.58 Å². The number of allylic oxidation sites excluding steroid dienone is 1. The van der Waals surface area contributed by atoms with Crippen LogP contribution in [0, 0.1) is 5.82 Å². The van der Waals surface area contributed by atoms with Crippen molar-refractivity contribution in [2.24, 2.45) is 0 Å². The van der Waals surface area contributed by atoms with Crippen molar-refractivity contribution in [3.8, 4) is 5.75 Å². The van der Waals surface area contributed by atoms with Gasteiger partial charge in [0.05, 0.1) is 13.2 Å². The molecule has 1 atom stereocenters. The van der Waals surface area contributed by atoms with Crippen LogP contribution in [0.3, 0.4) is 0 Å². The predicted octanol–water partition coefficient (Wildman–Crippen LogP) is 3.09. The van der Waals surface area contributed by atoms with E-state index in [1.807, 2.05) is 0 Å². The lowest BCUT2D eigenvalue weighted by Crippen LogP contribution is -2.08. The van der Waals surface area contributed by atoms with Crippen molar-refractivity contribution in [2.45, 2.75) is 31.8 Å². The van der Waals surface area contributed by atoms with Crippen LogP contribution in [0.4, 0.5) is 4.39 Å². The third-order valence-electron chi connectivity index (χ3n) is 2.69. The lowest BCUT2D eigenvalue weighted by molar-refractivity contribution is 0.156. The van der Waals surface area contributed by atoms with Gasteiger partial charge in [0.25, 0.3) is 0 Å². The van der Waals surface area contributed by atoms with E-state index in [0.29, 0.717) is 25.0 Å². The van der Waals surface area contributed by atoms with Gasteiger partial charge in [0.2, 0.25) is 0 Å². The Morgan fingerprint density at radius 3 is 2.88 bits per heavy atom.